The number of hydrazone groups is 1. The number of carbonyl (C=O) groups excluding carboxylic acids is 1. The summed E-state index contributed by atoms with van der Waals surface area (Å²) in [4.78, 5) is 26.1. The zero-order chi connectivity index (χ0) is 13.7. The number of nitro groups is 1. The molecule has 2 rings (SSSR count). The molecule has 1 saturated carbocycles. The van der Waals surface area contributed by atoms with E-state index in [9.17, 15) is 14.9 Å². The standard InChI is InChI=1S/C12H14N4O3/c17-12(9-5-7-13-8-6-9)15-14-10-3-1-2-4-11(10)16(18)19/h5-8,11H,1-4H2,(H,15,17)/b14-10+/t11-/m0/s1. The van der Waals surface area contributed by atoms with Gasteiger partial charge in [0.2, 0.25) is 0 Å². The first-order chi connectivity index (χ1) is 9.18. The van der Waals surface area contributed by atoms with Gasteiger partial charge in [-0.25, -0.2) is 5.43 Å². The van der Waals surface area contributed by atoms with Crippen LogP contribution in [0, 0.1) is 10.1 Å². The van der Waals surface area contributed by atoms with Gasteiger partial charge in [-0.15, -0.1) is 0 Å². The maximum Gasteiger partial charge on any atom is 0.271 e. The highest BCUT2D eigenvalue weighted by Gasteiger charge is 2.30. The van der Waals surface area contributed by atoms with E-state index < -0.39 is 6.04 Å². The summed E-state index contributed by atoms with van der Waals surface area (Å²) >= 11 is 0. The Morgan fingerprint density at radius 1 is 1.42 bits per heavy atom. The third kappa shape index (κ3) is 3.34. The van der Waals surface area contributed by atoms with Crippen LogP contribution in [0.4, 0.5) is 0 Å². The third-order valence-corrected chi connectivity index (χ3v) is 3.04. The van der Waals surface area contributed by atoms with Gasteiger partial charge in [0.15, 0.2) is 0 Å². The highest BCUT2D eigenvalue weighted by Crippen LogP contribution is 2.17. The predicted octanol–water partition coefficient (Wildman–Crippen LogP) is 1.39. The van der Waals surface area contributed by atoms with E-state index >= 15 is 0 Å². The van der Waals surface area contributed by atoms with E-state index in [1.54, 1.807) is 12.1 Å². The topological polar surface area (TPSA) is 97.5 Å². The van der Waals surface area contributed by atoms with Crippen molar-refractivity contribution in [3.8, 4) is 0 Å². The van der Waals surface area contributed by atoms with E-state index in [2.05, 4.69) is 15.5 Å². The number of pyridine rings is 1. The summed E-state index contributed by atoms with van der Waals surface area (Å²) in [7, 11) is 0. The summed E-state index contributed by atoms with van der Waals surface area (Å²) in [6, 6.07) is 2.34. The Morgan fingerprint density at radius 2 is 2.16 bits per heavy atom. The molecule has 7 nitrogen and oxygen atoms in total. The monoisotopic (exact) mass is 262 g/mol. The summed E-state index contributed by atoms with van der Waals surface area (Å²) < 4.78 is 0. The average molecular weight is 262 g/mol. The minimum Gasteiger partial charge on any atom is -0.267 e. The van der Waals surface area contributed by atoms with E-state index in [1.807, 2.05) is 0 Å². The molecular weight excluding hydrogens is 248 g/mol. The van der Waals surface area contributed by atoms with Gasteiger partial charge in [-0.05, 0) is 31.4 Å². The van der Waals surface area contributed by atoms with E-state index in [4.69, 9.17) is 0 Å². The number of hydrogen-bond donors (Lipinski definition) is 1. The lowest BCUT2D eigenvalue weighted by atomic mass is 9.94. The first-order valence-corrected chi connectivity index (χ1v) is 6.09. The molecule has 7 heteroatoms. The largest absolute Gasteiger partial charge is 0.271 e. The minimum absolute atomic E-state index is 0.337. The zero-order valence-corrected chi connectivity index (χ0v) is 10.3. The number of hydrogen-bond acceptors (Lipinski definition) is 5. The molecule has 1 amide bonds. The summed E-state index contributed by atoms with van der Waals surface area (Å²) in [6.45, 7) is 0. The zero-order valence-electron chi connectivity index (χ0n) is 10.3. The molecule has 0 spiro atoms. The molecule has 1 aliphatic carbocycles. The van der Waals surface area contributed by atoms with Crippen molar-refractivity contribution in [3.05, 3.63) is 40.2 Å². The van der Waals surface area contributed by atoms with Crippen molar-refractivity contribution in [2.75, 3.05) is 0 Å². The molecule has 0 bridgehead atoms. The quantitative estimate of drug-likeness (QED) is 0.657. The molecule has 0 unspecified atom stereocenters. The number of nitrogens with one attached hydrogen (secondary N) is 1. The number of rotatable bonds is 3. The van der Waals surface area contributed by atoms with Crippen molar-refractivity contribution in [2.24, 2.45) is 5.10 Å². The van der Waals surface area contributed by atoms with Crippen LogP contribution in [0.25, 0.3) is 0 Å². The van der Waals surface area contributed by atoms with Crippen molar-refractivity contribution < 1.29 is 9.72 Å². The Morgan fingerprint density at radius 3 is 2.84 bits per heavy atom. The van der Waals surface area contributed by atoms with Crippen molar-refractivity contribution in [1.29, 1.82) is 0 Å². The van der Waals surface area contributed by atoms with Crippen LogP contribution in [0.3, 0.4) is 0 Å². The fourth-order valence-corrected chi connectivity index (χ4v) is 2.02. The maximum absolute atomic E-state index is 11.7. The van der Waals surface area contributed by atoms with Crippen LogP contribution in [-0.2, 0) is 0 Å². The molecule has 0 aromatic carbocycles. The van der Waals surface area contributed by atoms with E-state index in [0.717, 1.165) is 12.8 Å². The molecule has 1 atom stereocenters. The van der Waals surface area contributed by atoms with E-state index in [-0.39, 0.29) is 10.8 Å². The lowest BCUT2D eigenvalue weighted by molar-refractivity contribution is -0.504. The van der Waals surface area contributed by atoms with Gasteiger partial charge in [-0.2, -0.15) is 5.10 Å². The molecule has 19 heavy (non-hydrogen) atoms. The predicted molar refractivity (Wildman–Crippen MR) is 68.4 cm³/mol. The molecule has 100 valence electrons. The van der Waals surface area contributed by atoms with Crippen LogP contribution in [0.15, 0.2) is 29.6 Å². The first kappa shape index (κ1) is 13.1. The molecular formula is C12H14N4O3. The SMILES string of the molecule is O=C(N/N=C1\CCCC[C@@H]1[N+](=O)[O-])c1ccncc1. The molecule has 0 aliphatic heterocycles. The summed E-state index contributed by atoms with van der Waals surface area (Å²) in [5, 5.41) is 14.8. The van der Waals surface area contributed by atoms with Crippen LogP contribution < -0.4 is 5.43 Å². The van der Waals surface area contributed by atoms with Crippen molar-refractivity contribution in [2.45, 2.75) is 31.7 Å². The molecule has 1 aromatic heterocycles. The summed E-state index contributed by atoms with van der Waals surface area (Å²) in [6.07, 6.45) is 5.74. The molecule has 1 aromatic rings. The summed E-state index contributed by atoms with van der Waals surface area (Å²) in [5.74, 6) is -0.387. The number of aromatic nitrogens is 1. The van der Waals surface area contributed by atoms with Gasteiger partial charge < -0.3 is 0 Å². The Hall–Kier alpha value is -2.31. The normalized spacial score (nSPS) is 21.1. The lowest BCUT2D eigenvalue weighted by Gasteiger charge is -2.17. The highest BCUT2D eigenvalue weighted by atomic mass is 16.6. The number of carbonyl (C=O) groups is 1. The Bertz CT molecular complexity index is 501. The molecule has 0 saturated heterocycles. The van der Waals surface area contributed by atoms with Gasteiger partial charge in [0.1, 0.15) is 5.71 Å². The average Bonchev–Trinajstić information content (AvgIpc) is 2.46. The van der Waals surface area contributed by atoms with Gasteiger partial charge in [0.25, 0.3) is 11.9 Å². The molecule has 1 aliphatic rings. The highest BCUT2D eigenvalue weighted by molar-refractivity contribution is 5.96. The van der Waals surface area contributed by atoms with Gasteiger partial charge in [0, 0.05) is 29.3 Å². The number of amides is 1. The molecule has 1 heterocycles. The fraction of sp³-hybridized carbons (Fsp3) is 0.417. The Labute approximate surface area is 109 Å². The molecule has 1 fully saturated rings. The Kier molecular flexibility index (Phi) is 4.17. The van der Waals surface area contributed by atoms with Gasteiger partial charge in [-0.1, -0.05) is 0 Å². The van der Waals surface area contributed by atoms with E-state index in [1.165, 1.54) is 12.4 Å². The minimum atomic E-state index is -0.772. The number of nitrogens with zero attached hydrogens (tertiary/aromatic N) is 3. The van der Waals surface area contributed by atoms with Gasteiger partial charge in [0.05, 0.1) is 0 Å². The van der Waals surface area contributed by atoms with Gasteiger partial charge in [-0.3, -0.25) is 19.9 Å². The molecule has 0 radical (unpaired) electrons. The van der Waals surface area contributed by atoms with Crippen molar-refractivity contribution in [3.63, 3.8) is 0 Å². The smallest absolute Gasteiger partial charge is 0.267 e. The van der Waals surface area contributed by atoms with Crippen molar-refractivity contribution in [1.82, 2.24) is 10.4 Å². The first-order valence-electron chi connectivity index (χ1n) is 6.09. The second kappa shape index (κ2) is 6.03. The van der Waals surface area contributed by atoms with E-state index in [0.29, 0.717) is 24.1 Å². The fourth-order valence-electron chi connectivity index (χ4n) is 2.02. The van der Waals surface area contributed by atoms with Gasteiger partial charge >= 0.3 is 0 Å². The second-order valence-electron chi connectivity index (χ2n) is 4.33. The van der Waals surface area contributed by atoms with Crippen LogP contribution >= 0.6 is 0 Å². The third-order valence-electron chi connectivity index (χ3n) is 3.04. The van der Waals surface area contributed by atoms with Crippen LogP contribution in [0.2, 0.25) is 0 Å². The van der Waals surface area contributed by atoms with Crippen LogP contribution in [-0.4, -0.2) is 27.6 Å². The maximum atomic E-state index is 11.7. The van der Waals surface area contributed by atoms with Crippen LogP contribution in [0.1, 0.15) is 36.0 Å². The Balaban J connectivity index is 2.04. The molecule has 1 N–H and O–H groups in total. The van der Waals surface area contributed by atoms with Crippen molar-refractivity contribution >= 4 is 11.6 Å². The second-order valence-corrected chi connectivity index (χ2v) is 4.33. The lowest BCUT2D eigenvalue weighted by Crippen LogP contribution is -2.34. The van der Waals surface area contributed by atoms with Crippen LogP contribution in [0.5, 0.6) is 0 Å². The summed E-state index contributed by atoms with van der Waals surface area (Å²) in [5.41, 5.74) is 3.24.